The second kappa shape index (κ2) is 6.72. The largest absolute Gasteiger partial charge is 0.330 e. The topological polar surface area (TPSA) is 32.5 Å². The Bertz CT molecular complexity index is 214. The van der Waals surface area contributed by atoms with Crippen molar-refractivity contribution in [3.05, 3.63) is 0 Å². The summed E-state index contributed by atoms with van der Waals surface area (Å²) in [6.45, 7) is 10.6. The number of hydrogen-bond donors (Lipinski definition) is 1. The molecule has 1 fully saturated rings. The lowest BCUT2D eigenvalue weighted by molar-refractivity contribution is 0.0501. The second-order valence-electron chi connectivity index (χ2n) is 6.48. The molecule has 3 nitrogen and oxygen atoms in total. The molecule has 1 unspecified atom stereocenters. The van der Waals surface area contributed by atoms with E-state index in [1.54, 1.807) is 0 Å². The molecule has 0 aliphatic carbocycles. The number of piperidine rings is 1. The highest BCUT2D eigenvalue weighted by Gasteiger charge is 2.34. The first-order valence-corrected chi connectivity index (χ1v) is 7.03. The molecule has 0 aromatic carbocycles. The minimum atomic E-state index is 0.440. The average molecular weight is 241 g/mol. The van der Waals surface area contributed by atoms with Crippen molar-refractivity contribution in [3.63, 3.8) is 0 Å². The van der Waals surface area contributed by atoms with Gasteiger partial charge in [0.05, 0.1) is 0 Å². The zero-order chi connectivity index (χ0) is 12.9. The van der Waals surface area contributed by atoms with E-state index in [0.717, 1.165) is 12.5 Å². The van der Waals surface area contributed by atoms with E-state index in [1.165, 1.54) is 45.4 Å². The van der Waals surface area contributed by atoms with Gasteiger partial charge in [-0.2, -0.15) is 0 Å². The van der Waals surface area contributed by atoms with Crippen LogP contribution in [0.2, 0.25) is 0 Å². The smallest absolute Gasteiger partial charge is 0.00354 e. The fourth-order valence-electron chi connectivity index (χ4n) is 3.05. The molecule has 1 heterocycles. The van der Waals surface area contributed by atoms with Gasteiger partial charge in [0, 0.05) is 6.54 Å². The van der Waals surface area contributed by atoms with Gasteiger partial charge in [-0.05, 0) is 70.9 Å². The van der Waals surface area contributed by atoms with E-state index >= 15 is 0 Å². The predicted octanol–water partition coefficient (Wildman–Crippen LogP) is 1.64. The molecule has 102 valence electrons. The summed E-state index contributed by atoms with van der Waals surface area (Å²) < 4.78 is 0. The van der Waals surface area contributed by atoms with Crippen molar-refractivity contribution < 1.29 is 0 Å². The van der Waals surface area contributed by atoms with Crippen LogP contribution in [0, 0.1) is 11.3 Å². The van der Waals surface area contributed by atoms with Gasteiger partial charge in [-0.3, -0.25) is 0 Å². The Labute approximate surface area is 107 Å². The van der Waals surface area contributed by atoms with Crippen LogP contribution in [-0.2, 0) is 0 Å². The van der Waals surface area contributed by atoms with Gasteiger partial charge in [0.25, 0.3) is 0 Å². The van der Waals surface area contributed by atoms with Gasteiger partial charge in [-0.1, -0.05) is 13.8 Å². The molecular formula is C14H31N3. The highest BCUT2D eigenvalue weighted by atomic mass is 15.1. The molecule has 0 spiro atoms. The molecule has 2 N–H and O–H groups in total. The summed E-state index contributed by atoms with van der Waals surface area (Å²) in [5.41, 5.74) is 6.15. The lowest BCUT2D eigenvalue weighted by Crippen LogP contribution is -2.46. The third-order valence-corrected chi connectivity index (χ3v) is 4.12. The minimum absolute atomic E-state index is 0.440. The van der Waals surface area contributed by atoms with E-state index in [2.05, 4.69) is 37.7 Å². The minimum Gasteiger partial charge on any atom is -0.330 e. The van der Waals surface area contributed by atoms with Gasteiger partial charge in [0.1, 0.15) is 0 Å². The van der Waals surface area contributed by atoms with E-state index < -0.39 is 0 Å². The van der Waals surface area contributed by atoms with Crippen LogP contribution in [0.1, 0.15) is 33.1 Å². The summed E-state index contributed by atoms with van der Waals surface area (Å²) in [6.07, 6.45) is 3.80. The molecule has 1 rings (SSSR count). The molecule has 1 saturated heterocycles. The van der Waals surface area contributed by atoms with Crippen molar-refractivity contribution in [2.24, 2.45) is 17.1 Å². The number of nitrogens with zero attached hydrogens (tertiary/aromatic N) is 2. The van der Waals surface area contributed by atoms with Gasteiger partial charge in [0.15, 0.2) is 0 Å². The summed E-state index contributed by atoms with van der Waals surface area (Å²) in [7, 11) is 4.30. The van der Waals surface area contributed by atoms with Crippen molar-refractivity contribution in [1.29, 1.82) is 0 Å². The molecule has 1 aliphatic heterocycles. The van der Waals surface area contributed by atoms with Crippen molar-refractivity contribution in [3.8, 4) is 0 Å². The standard InChI is InChI=1S/C14H31N3/c1-14(2)12-17(10-5-9-16(3)4)11-7-13(14)6-8-15/h13H,5-12,15H2,1-4H3. The van der Waals surface area contributed by atoms with Crippen LogP contribution in [0.3, 0.4) is 0 Å². The van der Waals surface area contributed by atoms with Crippen molar-refractivity contribution in [1.82, 2.24) is 9.80 Å². The maximum atomic E-state index is 5.71. The normalized spacial score (nSPS) is 25.4. The van der Waals surface area contributed by atoms with Crippen molar-refractivity contribution in [2.75, 3.05) is 46.8 Å². The molecular weight excluding hydrogens is 210 g/mol. The quantitative estimate of drug-likeness (QED) is 0.767. The van der Waals surface area contributed by atoms with Gasteiger partial charge in [-0.25, -0.2) is 0 Å². The van der Waals surface area contributed by atoms with Crippen LogP contribution < -0.4 is 5.73 Å². The van der Waals surface area contributed by atoms with Gasteiger partial charge >= 0.3 is 0 Å². The van der Waals surface area contributed by atoms with Crippen molar-refractivity contribution in [2.45, 2.75) is 33.1 Å². The van der Waals surface area contributed by atoms with Crippen LogP contribution >= 0.6 is 0 Å². The zero-order valence-corrected chi connectivity index (χ0v) is 12.2. The fourth-order valence-corrected chi connectivity index (χ4v) is 3.05. The third-order valence-electron chi connectivity index (χ3n) is 4.12. The van der Waals surface area contributed by atoms with Crippen LogP contribution in [0.15, 0.2) is 0 Å². The Morgan fingerprint density at radius 2 is 2.06 bits per heavy atom. The van der Waals surface area contributed by atoms with E-state index in [1.807, 2.05) is 0 Å². The van der Waals surface area contributed by atoms with Crippen LogP contribution in [-0.4, -0.2) is 56.6 Å². The van der Waals surface area contributed by atoms with Gasteiger partial charge in [-0.15, -0.1) is 0 Å². The number of hydrogen-bond acceptors (Lipinski definition) is 3. The molecule has 1 atom stereocenters. The van der Waals surface area contributed by atoms with E-state index in [9.17, 15) is 0 Å². The molecule has 17 heavy (non-hydrogen) atoms. The Balaban J connectivity index is 2.33. The van der Waals surface area contributed by atoms with E-state index in [-0.39, 0.29) is 0 Å². The SMILES string of the molecule is CN(C)CCCN1CCC(CCN)C(C)(C)C1. The summed E-state index contributed by atoms with van der Waals surface area (Å²) in [6, 6.07) is 0. The molecule has 3 heteroatoms. The molecule has 1 aliphatic rings. The van der Waals surface area contributed by atoms with E-state index in [4.69, 9.17) is 5.73 Å². The number of likely N-dealkylation sites (tertiary alicyclic amines) is 1. The van der Waals surface area contributed by atoms with Crippen LogP contribution in [0.4, 0.5) is 0 Å². The molecule has 0 aromatic heterocycles. The average Bonchev–Trinajstić information content (AvgIpc) is 2.21. The monoisotopic (exact) mass is 241 g/mol. The Kier molecular flexibility index (Phi) is 5.90. The first-order valence-electron chi connectivity index (χ1n) is 7.03. The highest BCUT2D eigenvalue weighted by molar-refractivity contribution is 4.87. The van der Waals surface area contributed by atoms with Crippen molar-refractivity contribution >= 4 is 0 Å². The van der Waals surface area contributed by atoms with Gasteiger partial charge < -0.3 is 15.5 Å². The summed E-state index contributed by atoms with van der Waals surface area (Å²) in [4.78, 5) is 4.91. The first-order chi connectivity index (χ1) is 7.95. The Morgan fingerprint density at radius 1 is 1.35 bits per heavy atom. The summed E-state index contributed by atoms with van der Waals surface area (Å²) in [5, 5.41) is 0. The Morgan fingerprint density at radius 3 is 2.59 bits per heavy atom. The highest BCUT2D eigenvalue weighted by Crippen LogP contribution is 2.36. The molecule has 0 saturated carbocycles. The second-order valence-corrected chi connectivity index (χ2v) is 6.48. The molecule has 0 bridgehead atoms. The Hall–Kier alpha value is -0.120. The molecule has 0 aromatic rings. The first kappa shape index (κ1) is 14.9. The maximum Gasteiger partial charge on any atom is 0.00354 e. The third kappa shape index (κ3) is 4.94. The maximum absolute atomic E-state index is 5.71. The summed E-state index contributed by atoms with van der Waals surface area (Å²) in [5.74, 6) is 0.817. The lowest BCUT2D eigenvalue weighted by atomic mass is 9.72. The predicted molar refractivity (Wildman–Crippen MR) is 75.2 cm³/mol. The van der Waals surface area contributed by atoms with Crippen LogP contribution in [0.25, 0.3) is 0 Å². The fraction of sp³-hybridized carbons (Fsp3) is 1.00. The number of rotatable bonds is 6. The van der Waals surface area contributed by atoms with Crippen LogP contribution in [0.5, 0.6) is 0 Å². The molecule has 0 radical (unpaired) electrons. The number of nitrogens with two attached hydrogens (primary N) is 1. The molecule has 0 amide bonds. The van der Waals surface area contributed by atoms with E-state index in [0.29, 0.717) is 5.41 Å². The van der Waals surface area contributed by atoms with Gasteiger partial charge in [0.2, 0.25) is 0 Å². The lowest BCUT2D eigenvalue weighted by Gasteiger charge is -2.44. The summed E-state index contributed by atoms with van der Waals surface area (Å²) >= 11 is 0. The zero-order valence-electron chi connectivity index (χ0n) is 12.2.